The summed E-state index contributed by atoms with van der Waals surface area (Å²) < 4.78 is 0. The zero-order chi connectivity index (χ0) is 12.8. The minimum atomic E-state index is -0.163. The Bertz CT molecular complexity index is 389. The molecule has 0 aliphatic carbocycles. The maximum atomic E-state index is 12.1. The van der Waals surface area contributed by atoms with E-state index in [1.165, 1.54) is 11.3 Å². The largest absolute Gasteiger partial charge is 0.409 e. The molecule has 1 rings (SSSR count). The summed E-state index contributed by atoms with van der Waals surface area (Å²) in [5.41, 5.74) is 5.50. The lowest BCUT2D eigenvalue weighted by Crippen LogP contribution is -2.38. The van der Waals surface area contributed by atoms with E-state index in [9.17, 15) is 4.79 Å². The molecule has 1 aromatic heterocycles. The molecule has 0 aromatic carbocycles. The fourth-order valence-corrected chi connectivity index (χ4v) is 2.13. The molecule has 1 aromatic rings. The minimum absolute atomic E-state index is 0.0138. The van der Waals surface area contributed by atoms with E-state index in [-0.39, 0.29) is 17.7 Å². The summed E-state index contributed by atoms with van der Waals surface area (Å²) >= 11 is 1.41. The van der Waals surface area contributed by atoms with Gasteiger partial charge in [0.05, 0.1) is 4.88 Å². The molecule has 0 radical (unpaired) electrons. The van der Waals surface area contributed by atoms with Crippen molar-refractivity contribution in [1.82, 2.24) is 4.90 Å². The molecule has 0 saturated heterocycles. The number of carbonyl (C=O) groups is 1. The van der Waals surface area contributed by atoms with Crippen molar-refractivity contribution in [2.75, 3.05) is 13.1 Å². The summed E-state index contributed by atoms with van der Waals surface area (Å²) in [5, 5.41) is 13.4. The van der Waals surface area contributed by atoms with Crippen LogP contribution in [0.5, 0.6) is 0 Å². The SMILES string of the molecule is CCN(CC(C)/C(N)=N/O)C(=O)c1cccs1. The second kappa shape index (κ2) is 6.24. The number of amidine groups is 1. The molecule has 0 fully saturated rings. The van der Waals surface area contributed by atoms with Crippen LogP contribution in [0.2, 0.25) is 0 Å². The number of nitrogens with zero attached hydrogens (tertiary/aromatic N) is 2. The zero-order valence-corrected chi connectivity index (χ0v) is 10.8. The average molecular weight is 255 g/mol. The summed E-state index contributed by atoms with van der Waals surface area (Å²) in [6, 6.07) is 3.64. The third-order valence-electron chi connectivity index (χ3n) is 2.52. The summed E-state index contributed by atoms with van der Waals surface area (Å²) in [6.45, 7) is 4.77. The Labute approximate surface area is 105 Å². The van der Waals surface area contributed by atoms with E-state index in [4.69, 9.17) is 10.9 Å². The van der Waals surface area contributed by atoms with E-state index < -0.39 is 0 Å². The molecule has 0 saturated carbocycles. The van der Waals surface area contributed by atoms with Crippen LogP contribution in [0.4, 0.5) is 0 Å². The smallest absolute Gasteiger partial charge is 0.263 e. The summed E-state index contributed by atoms with van der Waals surface area (Å²) in [7, 11) is 0. The highest BCUT2D eigenvalue weighted by molar-refractivity contribution is 7.12. The fraction of sp³-hybridized carbons (Fsp3) is 0.455. The Morgan fingerprint density at radius 2 is 2.41 bits per heavy atom. The van der Waals surface area contributed by atoms with Crippen LogP contribution < -0.4 is 5.73 Å². The van der Waals surface area contributed by atoms with Gasteiger partial charge in [0, 0.05) is 19.0 Å². The summed E-state index contributed by atoms with van der Waals surface area (Å²) in [4.78, 5) is 14.5. The molecule has 94 valence electrons. The van der Waals surface area contributed by atoms with Crippen LogP contribution in [-0.2, 0) is 0 Å². The van der Waals surface area contributed by atoms with Crippen LogP contribution in [0, 0.1) is 5.92 Å². The number of carbonyl (C=O) groups excluding carboxylic acids is 1. The average Bonchev–Trinajstić information content (AvgIpc) is 2.87. The number of hydrogen-bond donors (Lipinski definition) is 2. The Hall–Kier alpha value is -1.56. The highest BCUT2D eigenvalue weighted by Crippen LogP contribution is 2.13. The van der Waals surface area contributed by atoms with Gasteiger partial charge in [0.1, 0.15) is 5.84 Å². The van der Waals surface area contributed by atoms with Crippen molar-refractivity contribution in [3.05, 3.63) is 22.4 Å². The van der Waals surface area contributed by atoms with Crippen molar-refractivity contribution < 1.29 is 10.0 Å². The zero-order valence-electron chi connectivity index (χ0n) is 9.96. The summed E-state index contributed by atoms with van der Waals surface area (Å²) in [6.07, 6.45) is 0. The second-order valence-corrected chi connectivity index (χ2v) is 4.69. The van der Waals surface area contributed by atoms with Crippen molar-refractivity contribution in [2.24, 2.45) is 16.8 Å². The van der Waals surface area contributed by atoms with Crippen LogP contribution in [0.25, 0.3) is 0 Å². The molecule has 1 unspecified atom stereocenters. The van der Waals surface area contributed by atoms with Gasteiger partial charge in [-0.2, -0.15) is 0 Å². The van der Waals surface area contributed by atoms with E-state index in [2.05, 4.69) is 5.16 Å². The standard InChI is InChI=1S/C11H17N3O2S/c1-3-14(7-8(2)10(12)13-16)11(15)9-5-4-6-17-9/h4-6,8,16H,3,7H2,1-2H3,(H2,12,13). The highest BCUT2D eigenvalue weighted by atomic mass is 32.1. The molecule has 3 N–H and O–H groups in total. The van der Waals surface area contributed by atoms with Gasteiger partial charge in [-0.15, -0.1) is 11.3 Å². The van der Waals surface area contributed by atoms with Gasteiger partial charge in [-0.3, -0.25) is 4.79 Å². The number of oxime groups is 1. The van der Waals surface area contributed by atoms with Crippen LogP contribution in [-0.4, -0.2) is 34.9 Å². The Morgan fingerprint density at radius 3 is 2.88 bits per heavy atom. The first-order chi connectivity index (χ1) is 8.10. The topological polar surface area (TPSA) is 78.9 Å². The van der Waals surface area contributed by atoms with Gasteiger partial charge >= 0.3 is 0 Å². The van der Waals surface area contributed by atoms with Gasteiger partial charge in [-0.05, 0) is 18.4 Å². The van der Waals surface area contributed by atoms with E-state index in [1.54, 1.807) is 11.0 Å². The number of rotatable bonds is 5. The maximum absolute atomic E-state index is 12.1. The first-order valence-electron chi connectivity index (χ1n) is 5.40. The normalized spacial score (nSPS) is 13.4. The number of thiophene rings is 1. The Balaban J connectivity index is 2.69. The monoisotopic (exact) mass is 255 g/mol. The lowest BCUT2D eigenvalue weighted by molar-refractivity contribution is 0.0758. The molecule has 5 nitrogen and oxygen atoms in total. The van der Waals surface area contributed by atoms with Gasteiger partial charge in [0.2, 0.25) is 0 Å². The third kappa shape index (κ3) is 3.45. The number of nitrogens with two attached hydrogens (primary N) is 1. The molecular weight excluding hydrogens is 238 g/mol. The van der Waals surface area contributed by atoms with Crippen LogP contribution in [0.1, 0.15) is 23.5 Å². The Kier molecular flexibility index (Phi) is 4.96. The second-order valence-electron chi connectivity index (χ2n) is 3.75. The van der Waals surface area contributed by atoms with Crippen LogP contribution in [0.3, 0.4) is 0 Å². The first-order valence-corrected chi connectivity index (χ1v) is 6.28. The van der Waals surface area contributed by atoms with Gasteiger partial charge < -0.3 is 15.8 Å². The van der Waals surface area contributed by atoms with Crippen molar-refractivity contribution in [2.45, 2.75) is 13.8 Å². The highest BCUT2D eigenvalue weighted by Gasteiger charge is 2.19. The molecule has 0 aliphatic rings. The van der Waals surface area contributed by atoms with Gasteiger partial charge in [-0.1, -0.05) is 18.1 Å². The van der Waals surface area contributed by atoms with Gasteiger partial charge in [-0.25, -0.2) is 0 Å². The molecule has 1 atom stereocenters. The molecular formula is C11H17N3O2S. The van der Waals surface area contributed by atoms with Crippen molar-refractivity contribution in [3.8, 4) is 0 Å². The molecule has 6 heteroatoms. The Morgan fingerprint density at radius 1 is 1.71 bits per heavy atom. The summed E-state index contributed by atoms with van der Waals surface area (Å²) in [5.74, 6) is -0.0358. The maximum Gasteiger partial charge on any atom is 0.263 e. The van der Waals surface area contributed by atoms with E-state index in [0.717, 1.165) is 0 Å². The minimum Gasteiger partial charge on any atom is -0.409 e. The van der Waals surface area contributed by atoms with Crippen molar-refractivity contribution >= 4 is 23.1 Å². The molecule has 0 bridgehead atoms. The van der Waals surface area contributed by atoms with Crippen LogP contribution >= 0.6 is 11.3 Å². The van der Waals surface area contributed by atoms with E-state index in [0.29, 0.717) is 18.0 Å². The van der Waals surface area contributed by atoms with Gasteiger partial charge in [0.15, 0.2) is 0 Å². The molecule has 0 spiro atoms. The lowest BCUT2D eigenvalue weighted by Gasteiger charge is -2.23. The van der Waals surface area contributed by atoms with Crippen LogP contribution in [0.15, 0.2) is 22.7 Å². The van der Waals surface area contributed by atoms with Gasteiger partial charge in [0.25, 0.3) is 5.91 Å². The quantitative estimate of drug-likeness (QED) is 0.363. The van der Waals surface area contributed by atoms with Crippen molar-refractivity contribution in [1.29, 1.82) is 0 Å². The molecule has 0 aliphatic heterocycles. The third-order valence-corrected chi connectivity index (χ3v) is 3.37. The predicted molar refractivity (Wildman–Crippen MR) is 68.5 cm³/mol. The molecule has 1 amide bonds. The predicted octanol–water partition coefficient (Wildman–Crippen LogP) is 1.59. The van der Waals surface area contributed by atoms with Crippen molar-refractivity contribution in [3.63, 3.8) is 0 Å². The first kappa shape index (κ1) is 13.5. The lowest BCUT2D eigenvalue weighted by atomic mass is 10.1. The van der Waals surface area contributed by atoms with E-state index >= 15 is 0 Å². The number of amides is 1. The fourth-order valence-electron chi connectivity index (χ4n) is 1.43. The van der Waals surface area contributed by atoms with E-state index in [1.807, 2.05) is 25.3 Å². The number of hydrogen-bond acceptors (Lipinski definition) is 4. The molecule has 17 heavy (non-hydrogen) atoms. The molecule has 1 heterocycles.